The van der Waals surface area contributed by atoms with E-state index < -0.39 is 42.3 Å². The number of nitrogens with zero attached hydrogens (tertiary/aromatic N) is 4. The number of thiophene rings is 1. The summed E-state index contributed by atoms with van der Waals surface area (Å²) >= 11 is 1.11. The number of alkyl halides is 3. The second-order valence-corrected chi connectivity index (χ2v) is 8.56. The zero-order valence-electron chi connectivity index (χ0n) is 17.5. The molecule has 174 valence electrons. The third-order valence-electron chi connectivity index (χ3n) is 5.27. The number of imidazole rings is 1. The van der Waals surface area contributed by atoms with E-state index in [-0.39, 0.29) is 4.88 Å². The summed E-state index contributed by atoms with van der Waals surface area (Å²) in [6.45, 7) is 1.33. The lowest BCUT2D eigenvalue weighted by Gasteiger charge is -2.29. The lowest BCUT2D eigenvalue weighted by molar-refractivity contribution is -0.272. The maximum Gasteiger partial charge on any atom is 0.424 e. The first kappa shape index (κ1) is 22.9. The number of rotatable bonds is 6. The second-order valence-electron chi connectivity index (χ2n) is 7.53. The molecular formula is C21H19F4N5O2S. The SMILES string of the molecule is Cc1nn(-c2ccc(F)cc2)c2sc(C(=O)NCCC(O)(c3nccn3C)C(F)(F)F)cc12. The van der Waals surface area contributed by atoms with Crippen molar-refractivity contribution in [1.29, 1.82) is 0 Å². The maximum absolute atomic E-state index is 13.6. The van der Waals surface area contributed by atoms with E-state index in [1.54, 1.807) is 29.8 Å². The Bertz CT molecular complexity index is 1310. The molecule has 7 nitrogen and oxygen atoms in total. The van der Waals surface area contributed by atoms with Gasteiger partial charge in [-0.2, -0.15) is 18.3 Å². The van der Waals surface area contributed by atoms with Gasteiger partial charge in [0.05, 0.1) is 16.3 Å². The van der Waals surface area contributed by atoms with Gasteiger partial charge in [-0.05, 0) is 37.3 Å². The number of fused-ring (bicyclic) bond motifs is 1. The predicted octanol–water partition coefficient (Wildman–Crippen LogP) is 3.84. The van der Waals surface area contributed by atoms with Crippen molar-refractivity contribution in [3.63, 3.8) is 0 Å². The van der Waals surface area contributed by atoms with Crippen LogP contribution in [0.1, 0.15) is 27.6 Å². The summed E-state index contributed by atoms with van der Waals surface area (Å²) in [6.07, 6.45) is -3.33. The minimum atomic E-state index is -4.98. The first-order chi connectivity index (χ1) is 15.5. The molecule has 1 aromatic carbocycles. The molecule has 2 N–H and O–H groups in total. The van der Waals surface area contributed by atoms with Crippen molar-refractivity contribution in [2.24, 2.45) is 7.05 Å². The molecule has 0 saturated carbocycles. The molecule has 3 heterocycles. The van der Waals surface area contributed by atoms with Crippen LogP contribution in [0.5, 0.6) is 0 Å². The lowest BCUT2D eigenvalue weighted by atomic mass is 9.97. The number of amides is 1. The van der Waals surface area contributed by atoms with Crippen molar-refractivity contribution in [2.45, 2.75) is 25.1 Å². The standard InChI is InChI=1S/C21H19F4N5O2S/c1-12-15-11-16(33-18(15)30(28-12)14-5-3-13(22)4-6-14)17(31)26-8-7-20(32,21(23,24)25)19-27-9-10-29(19)2/h3-6,9-11,32H,7-8H2,1-2H3,(H,26,31). The molecule has 0 aliphatic carbocycles. The normalized spacial score (nSPS) is 13.9. The van der Waals surface area contributed by atoms with Crippen molar-refractivity contribution < 1.29 is 27.5 Å². The van der Waals surface area contributed by atoms with Crippen LogP contribution >= 0.6 is 11.3 Å². The van der Waals surface area contributed by atoms with E-state index in [4.69, 9.17) is 0 Å². The van der Waals surface area contributed by atoms with Crippen molar-refractivity contribution in [3.05, 3.63) is 64.9 Å². The van der Waals surface area contributed by atoms with Crippen LogP contribution in [0.3, 0.4) is 0 Å². The van der Waals surface area contributed by atoms with Gasteiger partial charge in [0.15, 0.2) is 0 Å². The Balaban J connectivity index is 1.53. The zero-order valence-corrected chi connectivity index (χ0v) is 18.3. The molecule has 3 aromatic heterocycles. The summed E-state index contributed by atoms with van der Waals surface area (Å²) in [5.74, 6) is -1.53. The maximum atomic E-state index is 13.6. The Morgan fingerprint density at radius 3 is 2.55 bits per heavy atom. The molecule has 0 fully saturated rings. The highest BCUT2D eigenvalue weighted by atomic mass is 32.1. The fourth-order valence-corrected chi connectivity index (χ4v) is 4.60. The summed E-state index contributed by atoms with van der Waals surface area (Å²) in [5, 5.41) is 17.9. The number of carbonyl (C=O) groups excluding carboxylic acids is 1. The predicted molar refractivity (Wildman–Crippen MR) is 114 cm³/mol. The molecular weight excluding hydrogens is 462 g/mol. The Hall–Kier alpha value is -3.25. The average Bonchev–Trinajstić information content (AvgIpc) is 3.44. The molecule has 1 amide bonds. The monoisotopic (exact) mass is 481 g/mol. The van der Waals surface area contributed by atoms with Crippen molar-refractivity contribution in [2.75, 3.05) is 6.54 Å². The van der Waals surface area contributed by atoms with Gasteiger partial charge in [0.1, 0.15) is 16.5 Å². The van der Waals surface area contributed by atoms with Crippen LogP contribution in [0.25, 0.3) is 15.9 Å². The van der Waals surface area contributed by atoms with Gasteiger partial charge < -0.3 is 15.0 Å². The number of carbonyl (C=O) groups is 1. The van der Waals surface area contributed by atoms with Crippen LogP contribution in [0, 0.1) is 12.7 Å². The van der Waals surface area contributed by atoms with Gasteiger partial charge in [0.2, 0.25) is 5.60 Å². The molecule has 33 heavy (non-hydrogen) atoms. The first-order valence-electron chi connectivity index (χ1n) is 9.81. The number of nitrogens with one attached hydrogen (secondary N) is 1. The number of aromatic nitrogens is 4. The number of hydrogen-bond acceptors (Lipinski definition) is 5. The molecule has 0 aliphatic rings. The zero-order chi connectivity index (χ0) is 24.0. The molecule has 4 aromatic rings. The smallest absolute Gasteiger partial charge is 0.374 e. The van der Waals surface area contributed by atoms with Crippen LogP contribution in [0.15, 0.2) is 42.7 Å². The fourth-order valence-electron chi connectivity index (χ4n) is 3.50. The van der Waals surface area contributed by atoms with Gasteiger partial charge in [-0.25, -0.2) is 14.1 Å². The van der Waals surface area contributed by atoms with Gasteiger partial charge in [-0.3, -0.25) is 4.79 Å². The van der Waals surface area contributed by atoms with E-state index in [2.05, 4.69) is 15.4 Å². The number of benzene rings is 1. The minimum Gasteiger partial charge on any atom is -0.374 e. The van der Waals surface area contributed by atoms with Crippen molar-refractivity contribution in [1.82, 2.24) is 24.6 Å². The number of aliphatic hydroxyl groups is 1. The molecule has 12 heteroatoms. The summed E-state index contributed by atoms with van der Waals surface area (Å²) in [6, 6.07) is 7.30. The largest absolute Gasteiger partial charge is 0.424 e. The fraction of sp³-hybridized carbons (Fsp3) is 0.286. The van der Waals surface area contributed by atoms with Crippen LogP contribution in [0.4, 0.5) is 17.6 Å². The highest BCUT2D eigenvalue weighted by molar-refractivity contribution is 7.20. The molecule has 1 atom stereocenters. The molecule has 0 radical (unpaired) electrons. The van der Waals surface area contributed by atoms with Crippen molar-refractivity contribution in [3.8, 4) is 5.69 Å². The molecule has 1 unspecified atom stereocenters. The van der Waals surface area contributed by atoms with E-state index in [1.807, 2.05) is 0 Å². The summed E-state index contributed by atoms with van der Waals surface area (Å²) in [4.78, 5) is 17.2. The number of halogens is 4. The summed E-state index contributed by atoms with van der Waals surface area (Å²) in [7, 11) is 1.35. The summed E-state index contributed by atoms with van der Waals surface area (Å²) in [5.41, 5.74) is -1.96. The average molecular weight is 481 g/mol. The number of aryl methyl sites for hydroxylation is 2. The third-order valence-corrected chi connectivity index (χ3v) is 6.38. The quantitative estimate of drug-likeness (QED) is 0.410. The van der Waals surface area contributed by atoms with E-state index >= 15 is 0 Å². The molecule has 0 aliphatic heterocycles. The van der Waals surface area contributed by atoms with Gasteiger partial charge in [-0.1, -0.05) is 0 Å². The lowest BCUT2D eigenvalue weighted by Crippen LogP contribution is -2.46. The molecule has 4 rings (SSSR count). The van der Waals surface area contributed by atoms with Gasteiger partial charge >= 0.3 is 6.18 Å². The molecule has 0 spiro atoms. The van der Waals surface area contributed by atoms with E-state index in [9.17, 15) is 27.5 Å². The molecule has 0 saturated heterocycles. The van der Waals surface area contributed by atoms with E-state index in [0.29, 0.717) is 21.6 Å². The van der Waals surface area contributed by atoms with E-state index in [1.165, 1.54) is 25.4 Å². The Kier molecular flexibility index (Phi) is 5.74. The highest BCUT2D eigenvalue weighted by Gasteiger charge is 2.57. The van der Waals surface area contributed by atoms with Gasteiger partial charge in [0, 0.05) is 37.8 Å². The molecule has 0 bridgehead atoms. The van der Waals surface area contributed by atoms with Crippen LogP contribution in [-0.2, 0) is 12.6 Å². The van der Waals surface area contributed by atoms with Crippen molar-refractivity contribution >= 4 is 27.5 Å². The van der Waals surface area contributed by atoms with Crippen LogP contribution in [0.2, 0.25) is 0 Å². The third kappa shape index (κ3) is 4.11. The van der Waals surface area contributed by atoms with Gasteiger partial charge in [-0.15, -0.1) is 11.3 Å². The minimum absolute atomic E-state index is 0.272. The van der Waals surface area contributed by atoms with Crippen LogP contribution < -0.4 is 5.32 Å². The Labute approximate surface area is 189 Å². The second kappa shape index (κ2) is 8.27. The number of hydrogen-bond donors (Lipinski definition) is 2. The van der Waals surface area contributed by atoms with Gasteiger partial charge in [0.25, 0.3) is 5.91 Å². The topological polar surface area (TPSA) is 85.0 Å². The van der Waals surface area contributed by atoms with E-state index in [0.717, 1.165) is 22.1 Å². The summed E-state index contributed by atoms with van der Waals surface area (Å²) < 4.78 is 56.8. The Morgan fingerprint density at radius 1 is 1.24 bits per heavy atom. The Morgan fingerprint density at radius 2 is 1.94 bits per heavy atom. The first-order valence-corrected chi connectivity index (χ1v) is 10.6. The van der Waals surface area contributed by atoms with Crippen LogP contribution in [-0.4, -0.2) is 43.1 Å². The highest BCUT2D eigenvalue weighted by Crippen LogP contribution is 2.40.